The fourth-order valence-corrected chi connectivity index (χ4v) is 5.61. The second kappa shape index (κ2) is 25.4. The predicted molar refractivity (Wildman–Crippen MR) is 192 cm³/mol. The second-order valence-electron chi connectivity index (χ2n) is 12.8. The first-order chi connectivity index (χ1) is 22.5. The Morgan fingerprint density at radius 3 is 1.09 bits per heavy atom. The van der Waals surface area contributed by atoms with Crippen molar-refractivity contribution < 1.29 is 19.1 Å². The van der Waals surface area contributed by atoms with Crippen molar-refractivity contribution >= 4 is 11.9 Å². The van der Waals surface area contributed by atoms with E-state index in [0.717, 1.165) is 74.1 Å². The summed E-state index contributed by atoms with van der Waals surface area (Å²) in [6, 6.07) is 16.4. The monoisotopic (exact) mass is 636 g/mol. The maximum absolute atomic E-state index is 12.6. The molecule has 0 atom stereocenters. The first kappa shape index (κ1) is 39.5. The van der Waals surface area contributed by atoms with Crippen LogP contribution in [0.1, 0.15) is 129 Å². The summed E-state index contributed by atoms with van der Waals surface area (Å²) in [6.45, 7) is 14.0. The number of unbranched alkanes of at least 4 members (excludes halogenated alkanes) is 10. The molecule has 2 aromatic carbocycles. The summed E-state index contributed by atoms with van der Waals surface area (Å²) in [6.07, 6.45) is 16.7. The van der Waals surface area contributed by atoms with Crippen LogP contribution in [0.25, 0.3) is 11.1 Å². The lowest BCUT2D eigenvalue weighted by Gasteiger charge is -2.21. The van der Waals surface area contributed by atoms with Crippen LogP contribution < -0.4 is 0 Å². The van der Waals surface area contributed by atoms with Gasteiger partial charge < -0.3 is 9.47 Å². The molecule has 0 N–H and O–H groups in total. The minimum absolute atomic E-state index is 0.150. The summed E-state index contributed by atoms with van der Waals surface area (Å²) < 4.78 is 11.3. The molecular weight excluding hydrogens is 572 g/mol. The molecule has 258 valence electrons. The second-order valence-corrected chi connectivity index (χ2v) is 12.8. The fraction of sp³-hybridized carbons (Fsp3) is 0.650. The van der Waals surface area contributed by atoms with E-state index in [9.17, 15) is 9.59 Å². The molecule has 0 aliphatic heterocycles. The Hall–Kier alpha value is -2.70. The third-order valence-electron chi connectivity index (χ3n) is 8.56. The molecule has 0 saturated heterocycles. The first-order valence-electron chi connectivity index (χ1n) is 18.4. The lowest BCUT2D eigenvalue weighted by molar-refractivity contribution is -0.147. The molecule has 6 heteroatoms. The van der Waals surface area contributed by atoms with E-state index in [0.29, 0.717) is 13.1 Å². The molecule has 0 fully saturated rings. The Morgan fingerprint density at radius 2 is 0.761 bits per heavy atom. The van der Waals surface area contributed by atoms with Gasteiger partial charge in [0, 0.05) is 0 Å². The van der Waals surface area contributed by atoms with Crippen LogP contribution in [0.5, 0.6) is 0 Å². The zero-order valence-corrected chi connectivity index (χ0v) is 29.7. The molecule has 0 spiro atoms. The van der Waals surface area contributed by atoms with Crippen molar-refractivity contribution in [2.24, 2.45) is 0 Å². The van der Waals surface area contributed by atoms with E-state index >= 15 is 0 Å². The van der Waals surface area contributed by atoms with Gasteiger partial charge in [0.15, 0.2) is 0 Å². The summed E-state index contributed by atoms with van der Waals surface area (Å²) in [5.41, 5.74) is 4.16. The van der Waals surface area contributed by atoms with Crippen molar-refractivity contribution in [3.8, 4) is 11.1 Å². The molecule has 2 rings (SSSR count). The van der Waals surface area contributed by atoms with E-state index in [2.05, 4.69) is 61.8 Å². The summed E-state index contributed by atoms with van der Waals surface area (Å²) >= 11 is 0. The largest absolute Gasteiger partial charge is 0.460 e. The number of carbonyl (C=O) groups is 2. The highest BCUT2D eigenvalue weighted by atomic mass is 16.5. The van der Waals surface area contributed by atoms with E-state index in [4.69, 9.17) is 9.47 Å². The molecule has 0 aliphatic rings. The normalized spacial score (nSPS) is 11.3. The smallest absolute Gasteiger partial charge is 0.320 e. The van der Waals surface area contributed by atoms with Gasteiger partial charge in [-0.15, -0.1) is 0 Å². The van der Waals surface area contributed by atoms with Gasteiger partial charge in [0.25, 0.3) is 0 Å². The Balaban J connectivity index is 1.80. The molecule has 0 saturated carbocycles. The lowest BCUT2D eigenvalue weighted by atomic mass is 10.0. The standard InChI is InChI=1S/C40H64N2O4/c1-5-9-13-17-29-41(27-15-11-7-3)31-39(43)45-33-35-19-23-37(24-20-35)38-25-21-36(22-26-38)34-46-40(44)32-42(28-16-12-8-4)30-18-14-10-6-2/h19-26H,5-18,27-34H2,1-4H3. The molecule has 0 aromatic heterocycles. The number of hydrogen-bond acceptors (Lipinski definition) is 6. The van der Waals surface area contributed by atoms with Crippen LogP contribution in [0.15, 0.2) is 48.5 Å². The maximum atomic E-state index is 12.6. The van der Waals surface area contributed by atoms with Crippen LogP contribution in [0.3, 0.4) is 0 Å². The van der Waals surface area contributed by atoms with Gasteiger partial charge in [0.05, 0.1) is 13.1 Å². The Labute approximate surface area is 281 Å². The van der Waals surface area contributed by atoms with Gasteiger partial charge in [-0.25, -0.2) is 0 Å². The Kier molecular flexibility index (Phi) is 21.8. The van der Waals surface area contributed by atoms with Gasteiger partial charge >= 0.3 is 11.9 Å². The van der Waals surface area contributed by atoms with Crippen LogP contribution in [-0.2, 0) is 32.3 Å². The van der Waals surface area contributed by atoms with Gasteiger partial charge in [0.1, 0.15) is 13.2 Å². The van der Waals surface area contributed by atoms with Crippen LogP contribution in [0.2, 0.25) is 0 Å². The van der Waals surface area contributed by atoms with Crippen LogP contribution in [0.4, 0.5) is 0 Å². The van der Waals surface area contributed by atoms with E-state index in [1.807, 2.05) is 24.3 Å². The average Bonchev–Trinajstić information content (AvgIpc) is 3.07. The van der Waals surface area contributed by atoms with Gasteiger partial charge in [-0.1, -0.05) is 140 Å². The zero-order valence-electron chi connectivity index (χ0n) is 29.7. The molecule has 46 heavy (non-hydrogen) atoms. The first-order valence-corrected chi connectivity index (χ1v) is 18.4. The van der Waals surface area contributed by atoms with Gasteiger partial charge in [-0.05, 0) is 74.1 Å². The summed E-state index contributed by atoms with van der Waals surface area (Å²) in [7, 11) is 0. The van der Waals surface area contributed by atoms with Gasteiger partial charge in [0.2, 0.25) is 0 Å². The van der Waals surface area contributed by atoms with Crippen LogP contribution in [0, 0.1) is 0 Å². The molecule has 0 amide bonds. The molecule has 0 bridgehead atoms. The molecule has 0 unspecified atom stereocenters. The third kappa shape index (κ3) is 17.9. The van der Waals surface area contributed by atoms with Crippen molar-refractivity contribution in [2.45, 2.75) is 131 Å². The Bertz CT molecular complexity index is 968. The number of ether oxygens (including phenoxy) is 2. The molecule has 0 radical (unpaired) electrons. The topological polar surface area (TPSA) is 59.1 Å². The van der Waals surface area contributed by atoms with Crippen LogP contribution >= 0.6 is 0 Å². The number of nitrogens with zero attached hydrogens (tertiary/aromatic N) is 2. The summed E-state index contributed by atoms with van der Waals surface area (Å²) in [5, 5.41) is 0. The van der Waals surface area contributed by atoms with Crippen molar-refractivity contribution in [2.75, 3.05) is 39.3 Å². The highest BCUT2D eigenvalue weighted by molar-refractivity contribution is 5.72. The van der Waals surface area contributed by atoms with Gasteiger partial charge in [-0.2, -0.15) is 0 Å². The minimum Gasteiger partial charge on any atom is -0.460 e. The zero-order chi connectivity index (χ0) is 33.2. The summed E-state index contributed by atoms with van der Waals surface area (Å²) in [4.78, 5) is 29.8. The number of benzene rings is 2. The predicted octanol–water partition coefficient (Wildman–Crippen LogP) is 9.59. The summed E-state index contributed by atoms with van der Waals surface area (Å²) in [5.74, 6) is -0.299. The van der Waals surface area contributed by atoms with E-state index < -0.39 is 0 Å². The Morgan fingerprint density at radius 1 is 0.457 bits per heavy atom. The highest BCUT2D eigenvalue weighted by Crippen LogP contribution is 2.21. The minimum atomic E-state index is -0.150. The van der Waals surface area contributed by atoms with E-state index in [1.54, 1.807) is 0 Å². The maximum Gasteiger partial charge on any atom is 0.320 e. The van der Waals surface area contributed by atoms with Crippen molar-refractivity contribution in [1.82, 2.24) is 9.80 Å². The fourth-order valence-electron chi connectivity index (χ4n) is 5.61. The number of esters is 2. The molecule has 0 aliphatic carbocycles. The molecule has 2 aromatic rings. The SMILES string of the molecule is CCCCCCN(CCCCC)CC(=O)OCc1ccc(-c2ccc(COC(=O)CN(CCCCC)CCCCCC)cc2)cc1. The lowest BCUT2D eigenvalue weighted by Crippen LogP contribution is -2.32. The van der Waals surface area contributed by atoms with Crippen molar-refractivity contribution in [1.29, 1.82) is 0 Å². The van der Waals surface area contributed by atoms with Crippen LogP contribution in [-0.4, -0.2) is 61.0 Å². The molecule has 6 nitrogen and oxygen atoms in total. The highest BCUT2D eigenvalue weighted by Gasteiger charge is 2.13. The quantitative estimate of drug-likeness (QED) is 0.0719. The van der Waals surface area contributed by atoms with Gasteiger partial charge in [-0.3, -0.25) is 19.4 Å². The molecule has 0 heterocycles. The average molecular weight is 637 g/mol. The number of hydrogen-bond donors (Lipinski definition) is 0. The number of carbonyl (C=O) groups excluding carboxylic acids is 2. The van der Waals surface area contributed by atoms with E-state index in [-0.39, 0.29) is 25.2 Å². The number of rotatable bonds is 27. The van der Waals surface area contributed by atoms with Crippen molar-refractivity contribution in [3.05, 3.63) is 59.7 Å². The van der Waals surface area contributed by atoms with Crippen molar-refractivity contribution in [3.63, 3.8) is 0 Å². The molecular formula is C40H64N2O4. The third-order valence-corrected chi connectivity index (χ3v) is 8.56. The van der Waals surface area contributed by atoms with E-state index in [1.165, 1.54) is 64.2 Å².